The van der Waals surface area contributed by atoms with Gasteiger partial charge in [0.2, 0.25) is 5.91 Å². The molecule has 0 fully saturated rings. The zero-order chi connectivity index (χ0) is 17.1. The highest BCUT2D eigenvalue weighted by atomic mass is 16.5. The molecule has 4 nitrogen and oxygen atoms in total. The second-order valence-electron chi connectivity index (χ2n) is 5.76. The van der Waals surface area contributed by atoms with Gasteiger partial charge in [0, 0.05) is 16.6 Å². The van der Waals surface area contributed by atoms with Crippen LogP contribution in [0.3, 0.4) is 0 Å². The first-order valence-electron chi connectivity index (χ1n) is 8.09. The molecule has 3 aromatic carbocycles. The van der Waals surface area contributed by atoms with E-state index in [-0.39, 0.29) is 12.3 Å². The van der Waals surface area contributed by atoms with Gasteiger partial charge in [0.25, 0.3) is 0 Å². The van der Waals surface area contributed by atoms with Crippen LogP contribution in [0, 0.1) is 0 Å². The van der Waals surface area contributed by atoms with Crippen molar-refractivity contribution in [2.24, 2.45) is 0 Å². The summed E-state index contributed by atoms with van der Waals surface area (Å²) in [6, 6.07) is 25.3. The number of benzene rings is 3. The van der Waals surface area contributed by atoms with Crippen LogP contribution in [0.15, 0.2) is 83.4 Å². The van der Waals surface area contributed by atoms with E-state index in [4.69, 9.17) is 4.52 Å². The number of hydrogen-bond donors (Lipinski definition) is 1. The minimum absolute atomic E-state index is 0.123. The number of nitrogens with one attached hydrogen (secondary N) is 1. The largest absolute Gasteiger partial charge is 0.356 e. The molecule has 1 heterocycles. The number of carbonyl (C=O) groups excluding carboxylic acids is 1. The Bertz CT molecular complexity index is 1020. The molecule has 4 heteroatoms. The number of para-hydroxylation sites is 2. The van der Waals surface area contributed by atoms with Gasteiger partial charge < -0.3 is 9.84 Å². The fraction of sp³-hybridized carbons (Fsp3) is 0.0476. The predicted octanol–water partition coefficient (Wildman–Crippen LogP) is 4.68. The number of amides is 1. The first kappa shape index (κ1) is 15.1. The average molecular weight is 328 g/mol. The van der Waals surface area contributed by atoms with Crippen LogP contribution < -0.4 is 5.32 Å². The van der Waals surface area contributed by atoms with Gasteiger partial charge in [0.1, 0.15) is 5.69 Å². The van der Waals surface area contributed by atoms with Crippen LogP contribution in [-0.2, 0) is 11.2 Å². The zero-order valence-corrected chi connectivity index (χ0v) is 13.5. The first-order chi connectivity index (χ1) is 12.3. The van der Waals surface area contributed by atoms with E-state index >= 15 is 0 Å². The molecule has 0 saturated carbocycles. The molecule has 0 bridgehead atoms. The third-order valence-electron chi connectivity index (χ3n) is 4.07. The van der Waals surface area contributed by atoms with E-state index in [1.807, 2.05) is 78.9 Å². The third-order valence-corrected chi connectivity index (χ3v) is 4.07. The molecule has 1 aromatic heterocycles. The van der Waals surface area contributed by atoms with Gasteiger partial charge in [-0.2, -0.15) is 0 Å². The maximum Gasteiger partial charge on any atom is 0.230 e. The Balaban J connectivity index is 1.58. The summed E-state index contributed by atoms with van der Waals surface area (Å²) in [6.07, 6.45) is 0.167. The molecule has 122 valence electrons. The van der Waals surface area contributed by atoms with Crippen molar-refractivity contribution in [2.45, 2.75) is 6.42 Å². The summed E-state index contributed by atoms with van der Waals surface area (Å²) >= 11 is 0. The highest BCUT2D eigenvalue weighted by molar-refractivity contribution is 5.98. The molecule has 0 saturated heterocycles. The molecule has 0 unspecified atom stereocenters. The Morgan fingerprint density at radius 3 is 2.48 bits per heavy atom. The van der Waals surface area contributed by atoms with Gasteiger partial charge in [-0.25, -0.2) is 0 Å². The van der Waals surface area contributed by atoms with E-state index in [0.29, 0.717) is 11.3 Å². The lowest BCUT2D eigenvalue weighted by atomic mass is 10.0. The van der Waals surface area contributed by atoms with Gasteiger partial charge in [0.15, 0.2) is 5.58 Å². The van der Waals surface area contributed by atoms with Crippen molar-refractivity contribution in [3.8, 4) is 11.1 Å². The summed E-state index contributed by atoms with van der Waals surface area (Å²) in [5.41, 5.74) is 4.17. The highest BCUT2D eigenvalue weighted by Gasteiger charge is 2.13. The van der Waals surface area contributed by atoms with Crippen LogP contribution in [0.25, 0.3) is 22.1 Å². The molecule has 0 aliphatic carbocycles. The monoisotopic (exact) mass is 328 g/mol. The Morgan fingerprint density at radius 1 is 0.880 bits per heavy atom. The van der Waals surface area contributed by atoms with Crippen LogP contribution in [-0.4, -0.2) is 11.1 Å². The van der Waals surface area contributed by atoms with E-state index in [1.54, 1.807) is 0 Å². The predicted molar refractivity (Wildman–Crippen MR) is 98.2 cm³/mol. The highest BCUT2D eigenvalue weighted by Crippen LogP contribution is 2.28. The topological polar surface area (TPSA) is 55.1 Å². The summed E-state index contributed by atoms with van der Waals surface area (Å²) in [5.74, 6) is -0.123. The second-order valence-corrected chi connectivity index (χ2v) is 5.76. The summed E-state index contributed by atoms with van der Waals surface area (Å²) in [7, 11) is 0. The molecule has 4 rings (SSSR count). The van der Waals surface area contributed by atoms with Crippen molar-refractivity contribution >= 4 is 22.6 Å². The van der Waals surface area contributed by atoms with Gasteiger partial charge in [-0.3, -0.25) is 4.79 Å². The van der Waals surface area contributed by atoms with Crippen molar-refractivity contribution in [2.75, 3.05) is 5.32 Å². The van der Waals surface area contributed by atoms with Crippen LogP contribution in [0.5, 0.6) is 0 Å². The summed E-state index contributed by atoms with van der Waals surface area (Å²) < 4.78 is 5.26. The minimum atomic E-state index is -0.123. The quantitative estimate of drug-likeness (QED) is 0.592. The normalized spacial score (nSPS) is 10.7. The van der Waals surface area contributed by atoms with Crippen molar-refractivity contribution < 1.29 is 9.32 Å². The molecule has 4 aromatic rings. The van der Waals surface area contributed by atoms with Crippen LogP contribution in [0.2, 0.25) is 0 Å². The van der Waals surface area contributed by atoms with Gasteiger partial charge >= 0.3 is 0 Å². The number of hydrogen-bond acceptors (Lipinski definition) is 3. The molecule has 0 aliphatic heterocycles. The van der Waals surface area contributed by atoms with Crippen LogP contribution >= 0.6 is 0 Å². The Hall–Kier alpha value is -3.40. The lowest BCUT2D eigenvalue weighted by molar-refractivity contribution is -0.115. The second kappa shape index (κ2) is 6.61. The molecule has 0 atom stereocenters. The number of anilines is 1. The van der Waals surface area contributed by atoms with Gasteiger partial charge in [-0.15, -0.1) is 0 Å². The molecule has 0 aliphatic rings. The smallest absolute Gasteiger partial charge is 0.230 e. The average Bonchev–Trinajstić information content (AvgIpc) is 3.06. The van der Waals surface area contributed by atoms with E-state index in [9.17, 15) is 4.79 Å². The molecular formula is C21H16N2O2. The molecule has 1 amide bonds. The van der Waals surface area contributed by atoms with E-state index < -0.39 is 0 Å². The number of rotatable bonds is 4. The van der Waals surface area contributed by atoms with Crippen LogP contribution in [0.1, 0.15) is 5.69 Å². The van der Waals surface area contributed by atoms with Gasteiger partial charge in [-0.1, -0.05) is 65.8 Å². The van der Waals surface area contributed by atoms with Crippen molar-refractivity contribution in [3.05, 3.63) is 84.6 Å². The van der Waals surface area contributed by atoms with E-state index in [1.165, 1.54) is 0 Å². The molecular weight excluding hydrogens is 312 g/mol. The number of aromatic nitrogens is 1. The third kappa shape index (κ3) is 3.15. The SMILES string of the molecule is O=C(Cc1noc2ccccc12)Nc1ccccc1-c1ccccc1. The number of nitrogens with zero attached hydrogens (tertiary/aromatic N) is 1. The summed E-state index contributed by atoms with van der Waals surface area (Å²) in [4.78, 5) is 12.5. The fourth-order valence-corrected chi connectivity index (χ4v) is 2.87. The molecule has 0 radical (unpaired) electrons. The summed E-state index contributed by atoms with van der Waals surface area (Å²) in [6.45, 7) is 0. The van der Waals surface area contributed by atoms with Gasteiger partial charge in [0.05, 0.1) is 6.42 Å². The standard InChI is InChI=1S/C21H16N2O2/c24-21(14-19-17-11-5-7-13-20(17)25-23-19)22-18-12-6-4-10-16(18)15-8-2-1-3-9-15/h1-13H,14H2,(H,22,24). The molecule has 0 spiro atoms. The number of fused-ring (bicyclic) bond motifs is 1. The van der Waals surface area contributed by atoms with Crippen molar-refractivity contribution in [1.82, 2.24) is 5.16 Å². The van der Waals surface area contributed by atoms with Gasteiger partial charge in [-0.05, 0) is 23.8 Å². The van der Waals surface area contributed by atoms with Crippen LogP contribution in [0.4, 0.5) is 5.69 Å². The fourth-order valence-electron chi connectivity index (χ4n) is 2.87. The lowest BCUT2D eigenvalue weighted by Gasteiger charge is -2.11. The minimum Gasteiger partial charge on any atom is -0.356 e. The van der Waals surface area contributed by atoms with E-state index in [2.05, 4.69) is 10.5 Å². The van der Waals surface area contributed by atoms with E-state index in [0.717, 1.165) is 22.2 Å². The Morgan fingerprint density at radius 2 is 1.60 bits per heavy atom. The van der Waals surface area contributed by atoms with Crippen molar-refractivity contribution in [3.63, 3.8) is 0 Å². The molecule has 1 N–H and O–H groups in total. The Kier molecular flexibility index (Phi) is 4.01. The maximum absolute atomic E-state index is 12.5. The summed E-state index contributed by atoms with van der Waals surface area (Å²) in [5, 5.41) is 7.88. The number of carbonyl (C=O) groups is 1. The maximum atomic E-state index is 12.5. The Labute approximate surface area is 145 Å². The van der Waals surface area contributed by atoms with Crippen molar-refractivity contribution in [1.29, 1.82) is 0 Å². The lowest BCUT2D eigenvalue weighted by Crippen LogP contribution is -2.15. The zero-order valence-electron chi connectivity index (χ0n) is 13.5. The first-order valence-corrected chi connectivity index (χ1v) is 8.09. The molecule has 25 heavy (non-hydrogen) atoms.